The monoisotopic (exact) mass is 416 g/mol. The first-order valence-corrected chi connectivity index (χ1v) is 12.6. The van der Waals surface area contributed by atoms with Crippen molar-refractivity contribution < 1.29 is 17.7 Å². The lowest BCUT2D eigenvalue weighted by molar-refractivity contribution is -0.0519. The molecule has 0 radical (unpaired) electrons. The molecular formula is C23H48O4Si. The van der Waals surface area contributed by atoms with Crippen LogP contribution in [-0.4, -0.2) is 28.9 Å². The molecule has 4 nitrogen and oxygen atoms in total. The van der Waals surface area contributed by atoms with Gasteiger partial charge in [-0.1, -0.05) is 94.6 Å². The summed E-state index contributed by atoms with van der Waals surface area (Å²) in [5.41, 5.74) is 0.00495. The summed E-state index contributed by atoms with van der Waals surface area (Å²) in [6, 6.07) is 0. The first-order chi connectivity index (χ1) is 12.7. The van der Waals surface area contributed by atoms with Crippen LogP contribution in [-0.2, 0) is 17.7 Å². The third kappa shape index (κ3) is 16.6. The SMILES string of the molecule is CCCCCCC=CO[Si](OCC(C)(C)C)(OCC(C)(C)C)OCC(C)(C)C. The van der Waals surface area contributed by atoms with Gasteiger partial charge >= 0.3 is 9.05 Å². The molecule has 0 aliphatic heterocycles. The normalized spacial score (nSPS) is 14.1. The van der Waals surface area contributed by atoms with E-state index in [9.17, 15) is 0 Å². The molecule has 0 atom stereocenters. The summed E-state index contributed by atoms with van der Waals surface area (Å²) in [6.45, 7) is 23.1. The van der Waals surface area contributed by atoms with Gasteiger partial charge in [0.05, 0.1) is 6.26 Å². The van der Waals surface area contributed by atoms with Gasteiger partial charge in [-0.05, 0) is 29.1 Å². The van der Waals surface area contributed by atoms with Crippen molar-refractivity contribution in [2.24, 2.45) is 16.2 Å². The Kier molecular flexibility index (Phi) is 12.2. The van der Waals surface area contributed by atoms with Crippen LogP contribution in [0.25, 0.3) is 0 Å². The van der Waals surface area contributed by atoms with Crippen molar-refractivity contribution in [1.29, 1.82) is 0 Å². The van der Waals surface area contributed by atoms with E-state index in [4.69, 9.17) is 17.7 Å². The Morgan fingerprint density at radius 1 is 0.643 bits per heavy atom. The van der Waals surface area contributed by atoms with Gasteiger partial charge in [0.2, 0.25) is 0 Å². The fraction of sp³-hybridized carbons (Fsp3) is 0.913. The van der Waals surface area contributed by atoms with Gasteiger partial charge in [0.1, 0.15) is 0 Å². The molecule has 0 bridgehead atoms. The lowest BCUT2D eigenvalue weighted by Gasteiger charge is -2.33. The maximum atomic E-state index is 6.25. The molecule has 0 aromatic rings. The second-order valence-corrected chi connectivity index (χ2v) is 13.5. The van der Waals surface area contributed by atoms with Crippen molar-refractivity contribution in [3.63, 3.8) is 0 Å². The highest BCUT2D eigenvalue weighted by molar-refractivity contribution is 6.53. The Balaban J connectivity index is 5.21. The predicted molar refractivity (Wildman–Crippen MR) is 121 cm³/mol. The van der Waals surface area contributed by atoms with Crippen LogP contribution in [0, 0.1) is 16.2 Å². The maximum Gasteiger partial charge on any atom is 0.749 e. The van der Waals surface area contributed by atoms with Gasteiger partial charge in [0.15, 0.2) is 0 Å². The minimum atomic E-state index is -3.29. The van der Waals surface area contributed by atoms with Crippen molar-refractivity contribution in [3.05, 3.63) is 12.3 Å². The molecule has 0 aromatic carbocycles. The summed E-state index contributed by atoms with van der Waals surface area (Å²) in [5, 5.41) is 0. The fourth-order valence-electron chi connectivity index (χ4n) is 2.03. The van der Waals surface area contributed by atoms with Crippen LogP contribution in [0.4, 0.5) is 0 Å². The molecule has 0 aromatic heterocycles. The highest BCUT2D eigenvalue weighted by Crippen LogP contribution is 2.26. The molecule has 168 valence electrons. The summed E-state index contributed by atoms with van der Waals surface area (Å²) in [6.07, 6.45) is 9.78. The molecule has 0 rings (SSSR count). The van der Waals surface area contributed by atoms with Crippen molar-refractivity contribution in [2.75, 3.05) is 19.8 Å². The maximum absolute atomic E-state index is 6.25. The van der Waals surface area contributed by atoms with Gasteiger partial charge in [-0.3, -0.25) is 0 Å². The van der Waals surface area contributed by atoms with E-state index in [0.717, 1.165) is 6.42 Å². The van der Waals surface area contributed by atoms with Crippen LogP contribution < -0.4 is 0 Å². The average Bonchev–Trinajstić information content (AvgIpc) is 2.52. The zero-order valence-corrected chi connectivity index (χ0v) is 21.4. The molecule has 28 heavy (non-hydrogen) atoms. The van der Waals surface area contributed by atoms with Gasteiger partial charge in [-0.25, -0.2) is 0 Å². The quantitative estimate of drug-likeness (QED) is 0.182. The molecule has 0 aliphatic carbocycles. The Morgan fingerprint density at radius 3 is 1.43 bits per heavy atom. The topological polar surface area (TPSA) is 36.9 Å². The van der Waals surface area contributed by atoms with Gasteiger partial charge in [0, 0.05) is 19.8 Å². The third-order valence-corrected chi connectivity index (χ3v) is 5.50. The van der Waals surface area contributed by atoms with E-state index in [-0.39, 0.29) is 16.2 Å². The first-order valence-electron chi connectivity index (χ1n) is 10.9. The zero-order valence-electron chi connectivity index (χ0n) is 20.4. The lowest BCUT2D eigenvalue weighted by atomic mass is 9.99. The molecule has 0 aliphatic rings. The van der Waals surface area contributed by atoms with Crippen molar-refractivity contribution in [3.8, 4) is 0 Å². The molecule has 0 unspecified atom stereocenters. The third-order valence-electron chi connectivity index (χ3n) is 3.58. The van der Waals surface area contributed by atoms with Crippen molar-refractivity contribution >= 4 is 9.05 Å². The van der Waals surface area contributed by atoms with Crippen LogP contribution >= 0.6 is 0 Å². The molecule has 0 saturated carbocycles. The number of rotatable bonds is 13. The van der Waals surface area contributed by atoms with E-state index in [1.807, 2.05) is 0 Å². The van der Waals surface area contributed by atoms with Crippen molar-refractivity contribution in [1.82, 2.24) is 0 Å². The molecule has 5 heteroatoms. The van der Waals surface area contributed by atoms with Crippen molar-refractivity contribution in [2.45, 2.75) is 101 Å². The minimum absolute atomic E-state index is 0.00165. The van der Waals surface area contributed by atoms with Crippen LogP contribution in [0.2, 0.25) is 0 Å². The zero-order chi connectivity index (χ0) is 21.9. The molecule has 0 N–H and O–H groups in total. The highest BCUT2D eigenvalue weighted by atomic mass is 28.4. The largest absolute Gasteiger partial charge is 0.749 e. The predicted octanol–water partition coefficient (Wildman–Crippen LogP) is 7.11. The lowest BCUT2D eigenvalue weighted by Crippen LogP contribution is -2.52. The van der Waals surface area contributed by atoms with Crippen LogP contribution in [0.5, 0.6) is 0 Å². The summed E-state index contributed by atoms with van der Waals surface area (Å²) in [5.74, 6) is 0. The summed E-state index contributed by atoms with van der Waals surface area (Å²) < 4.78 is 24.9. The number of hydrogen-bond acceptors (Lipinski definition) is 4. The van der Waals surface area contributed by atoms with E-state index in [0.29, 0.717) is 19.8 Å². The molecule has 0 heterocycles. The molecule has 0 saturated heterocycles. The number of unbranched alkanes of at least 4 members (excludes halogenated alkanes) is 4. The number of hydrogen-bond donors (Lipinski definition) is 0. The molecular weight excluding hydrogens is 368 g/mol. The average molecular weight is 417 g/mol. The van der Waals surface area contributed by atoms with Gasteiger partial charge in [-0.2, -0.15) is 0 Å². The van der Waals surface area contributed by atoms with E-state index in [1.165, 1.54) is 25.7 Å². The Labute approximate surface area is 176 Å². The van der Waals surface area contributed by atoms with E-state index in [2.05, 4.69) is 75.3 Å². The molecule has 0 spiro atoms. The van der Waals surface area contributed by atoms with Gasteiger partial charge in [0.25, 0.3) is 0 Å². The fourth-order valence-corrected chi connectivity index (χ4v) is 4.58. The second-order valence-electron chi connectivity index (χ2n) is 11.4. The van der Waals surface area contributed by atoms with E-state index >= 15 is 0 Å². The Bertz CT molecular complexity index is 382. The molecule has 0 fully saturated rings. The Morgan fingerprint density at radius 2 is 1.07 bits per heavy atom. The number of allylic oxidation sites excluding steroid dienone is 1. The smallest absolute Gasteiger partial charge is 0.487 e. The minimum Gasteiger partial charge on any atom is -0.487 e. The van der Waals surface area contributed by atoms with E-state index in [1.54, 1.807) is 6.26 Å². The second kappa shape index (κ2) is 12.4. The summed E-state index contributed by atoms with van der Waals surface area (Å²) in [4.78, 5) is 0. The standard InChI is InChI=1S/C23H48O4Si/c1-11-12-13-14-15-16-17-24-28(25-18-21(2,3)4,26-19-22(5,6)7)27-20-23(8,9)10/h16-17H,11-15,18-20H2,1-10H3. The van der Waals surface area contributed by atoms with Gasteiger partial charge in [-0.15, -0.1) is 0 Å². The summed E-state index contributed by atoms with van der Waals surface area (Å²) >= 11 is 0. The Hall–Kier alpha value is -0.363. The van der Waals surface area contributed by atoms with Gasteiger partial charge < -0.3 is 17.7 Å². The molecule has 0 amide bonds. The van der Waals surface area contributed by atoms with Crippen LogP contribution in [0.1, 0.15) is 101 Å². The first kappa shape index (κ1) is 27.6. The van der Waals surface area contributed by atoms with Crippen LogP contribution in [0.15, 0.2) is 12.3 Å². The summed E-state index contributed by atoms with van der Waals surface area (Å²) in [7, 11) is -3.29. The van der Waals surface area contributed by atoms with E-state index < -0.39 is 9.05 Å². The van der Waals surface area contributed by atoms with Crippen LogP contribution in [0.3, 0.4) is 0 Å². The highest BCUT2D eigenvalue weighted by Gasteiger charge is 2.50.